The third-order valence-corrected chi connectivity index (χ3v) is 1.71. The van der Waals surface area contributed by atoms with Crippen LogP contribution in [0.25, 0.3) is 0 Å². The molecule has 72 valence electrons. The fourth-order valence-corrected chi connectivity index (χ4v) is 0.948. The molecule has 7 heteroatoms. The molecule has 0 spiro atoms. The summed E-state index contributed by atoms with van der Waals surface area (Å²) in [6.07, 6.45) is -3.81. The molecule has 0 unspecified atom stereocenters. The Kier molecular flexibility index (Phi) is 2.65. The highest BCUT2D eigenvalue weighted by molar-refractivity contribution is 9.10. The second kappa shape index (κ2) is 3.41. The lowest BCUT2D eigenvalue weighted by Gasteiger charge is -2.08. The molecular formula is C6H4BrF3N2O. The molecule has 0 atom stereocenters. The predicted molar refractivity (Wildman–Crippen MR) is 43.0 cm³/mol. The summed E-state index contributed by atoms with van der Waals surface area (Å²) in [7, 11) is 0. The Morgan fingerprint density at radius 3 is 2.54 bits per heavy atom. The average molecular weight is 257 g/mol. The largest absolute Gasteiger partial charge is 0.573 e. The molecule has 0 bridgehead atoms. The Labute approximate surface area is 79.8 Å². The molecule has 1 aromatic heterocycles. The second-order valence-electron chi connectivity index (χ2n) is 2.09. The number of halogens is 4. The molecule has 0 aromatic carbocycles. The van der Waals surface area contributed by atoms with Crippen molar-refractivity contribution in [2.45, 2.75) is 6.36 Å². The maximum atomic E-state index is 11.7. The number of aromatic nitrogens is 1. The molecule has 0 aliphatic heterocycles. The number of nitrogen functional groups attached to an aromatic ring is 1. The SMILES string of the molecule is Nc1ncc(OC(F)(F)F)cc1Br. The normalized spacial score (nSPS) is 11.4. The minimum absolute atomic E-state index is 0.106. The van der Waals surface area contributed by atoms with Crippen LogP contribution in [0.2, 0.25) is 0 Å². The van der Waals surface area contributed by atoms with Gasteiger partial charge in [0.25, 0.3) is 0 Å². The molecule has 0 saturated heterocycles. The molecule has 0 saturated carbocycles. The van der Waals surface area contributed by atoms with Crippen LogP contribution in [0.4, 0.5) is 19.0 Å². The Morgan fingerprint density at radius 2 is 2.08 bits per heavy atom. The fourth-order valence-electron chi connectivity index (χ4n) is 0.620. The highest BCUT2D eigenvalue weighted by Gasteiger charge is 2.31. The van der Waals surface area contributed by atoms with Crippen LogP contribution in [0.1, 0.15) is 0 Å². The van der Waals surface area contributed by atoms with Crippen LogP contribution >= 0.6 is 15.9 Å². The summed E-state index contributed by atoms with van der Waals surface area (Å²) in [5.74, 6) is -0.303. The van der Waals surface area contributed by atoms with Gasteiger partial charge in [0.05, 0.1) is 10.7 Å². The van der Waals surface area contributed by atoms with Crippen LogP contribution in [0, 0.1) is 0 Å². The number of ether oxygens (including phenoxy) is 1. The summed E-state index contributed by atoms with van der Waals surface area (Å²) >= 11 is 2.92. The van der Waals surface area contributed by atoms with Crippen LogP contribution in [0.5, 0.6) is 5.75 Å². The highest BCUT2D eigenvalue weighted by Crippen LogP contribution is 2.26. The van der Waals surface area contributed by atoms with Gasteiger partial charge in [-0.2, -0.15) is 0 Å². The van der Waals surface area contributed by atoms with Crippen molar-refractivity contribution >= 4 is 21.7 Å². The summed E-state index contributed by atoms with van der Waals surface area (Å²) in [6.45, 7) is 0. The monoisotopic (exact) mass is 256 g/mol. The molecule has 0 fully saturated rings. The molecule has 1 aromatic rings. The Bertz CT molecular complexity index is 315. The smallest absolute Gasteiger partial charge is 0.404 e. The van der Waals surface area contributed by atoms with E-state index in [2.05, 4.69) is 25.7 Å². The van der Waals surface area contributed by atoms with E-state index in [1.54, 1.807) is 0 Å². The molecule has 2 N–H and O–H groups in total. The van der Waals surface area contributed by atoms with Gasteiger partial charge < -0.3 is 10.5 Å². The van der Waals surface area contributed by atoms with Crippen molar-refractivity contribution in [3.8, 4) is 5.75 Å². The zero-order valence-electron chi connectivity index (χ0n) is 6.10. The van der Waals surface area contributed by atoms with Crippen molar-refractivity contribution in [2.75, 3.05) is 5.73 Å². The molecule has 0 amide bonds. The first-order chi connectivity index (χ1) is 5.88. The van der Waals surface area contributed by atoms with E-state index in [-0.39, 0.29) is 10.3 Å². The van der Waals surface area contributed by atoms with E-state index in [1.165, 1.54) is 0 Å². The highest BCUT2D eigenvalue weighted by atomic mass is 79.9. The molecule has 1 rings (SSSR count). The van der Waals surface area contributed by atoms with Gasteiger partial charge in [-0.25, -0.2) is 4.98 Å². The molecule has 1 heterocycles. The first-order valence-corrected chi connectivity index (χ1v) is 3.84. The second-order valence-corrected chi connectivity index (χ2v) is 2.94. The maximum Gasteiger partial charge on any atom is 0.573 e. The van der Waals surface area contributed by atoms with Crippen molar-refractivity contribution < 1.29 is 17.9 Å². The topological polar surface area (TPSA) is 48.1 Å². The van der Waals surface area contributed by atoms with Crippen LogP contribution < -0.4 is 10.5 Å². The molecule has 0 aliphatic carbocycles. The van der Waals surface area contributed by atoms with E-state index in [0.717, 1.165) is 12.3 Å². The van der Waals surface area contributed by atoms with Gasteiger partial charge in [0.2, 0.25) is 0 Å². The molecule has 3 nitrogen and oxygen atoms in total. The lowest BCUT2D eigenvalue weighted by Crippen LogP contribution is -2.17. The van der Waals surface area contributed by atoms with Crippen molar-refractivity contribution in [3.05, 3.63) is 16.7 Å². The van der Waals surface area contributed by atoms with Gasteiger partial charge in [-0.15, -0.1) is 13.2 Å². The summed E-state index contributed by atoms with van der Waals surface area (Å²) in [5, 5.41) is 0. The lowest BCUT2D eigenvalue weighted by atomic mass is 10.4. The number of rotatable bonds is 1. The van der Waals surface area contributed by atoms with Crippen molar-refractivity contribution in [1.29, 1.82) is 0 Å². The van der Waals surface area contributed by atoms with E-state index in [0.29, 0.717) is 0 Å². The van der Waals surface area contributed by atoms with Gasteiger partial charge in [0.1, 0.15) is 11.6 Å². The minimum atomic E-state index is -4.71. The van der Waals surface area contributed by atoms with Crippen LogP contribution in [0.3, 0.4) is 0 Å². The van der Waals surface area contributed by atoms with Crippen molar-refractivity contribution in [3.63, 3.8) is 0 Å². The zero-order valence-corrected chi connectivity index (χ0v) is 7.69. The first-order valence-electron chi connectivity index (χ1n) is 3.05. The molecule has 0 radical (unpaired) electrons. The number of nitrogens with zero attached hydrogens (tertiary/aromatic N) is 1. The van der Waals surface area contributed by atoms with Crippen LogP contribution in [-0.2, 0) is 0 Å². The summed E-state index contributed by atoms with van der Waals surface area (Å²) in [4.78, 5) is 3.47. The number of anilines is 1. The average Bonchev–Trinajstić information content (AvgIpc) is 1.94. The van der Waals surface area contributed by atoms with Crippen LogP contribution in [-0.4, -0.2) is 11.3 Å². The van der Waals surface area contributed by atoms with E-state index in [4.69, 9.17) is 5.73 Å². The fraction of sp³-hybridized carbons (Fsp3) is 0.167. The summed E-state index contributed by atoms with van der Waals surface area (Å²) < 4.78 is 38.9. The van der Waals surface area contributed by atoms with Crippen molar-refractivity contribution in [1.82, 2.24) is 4.98 Å². The van der Waals surface area contributed by atoms with Gasteiger partial charge in [-0.3, -0.25) is 0 Å². The van der Waals surface area contributed by atoms with E-state index >= 15 is 0 Å². The van der Waals surface area contributed by atoms with Gasteiger partial charge in [-0.1, -0.05) is 0 Å². The van der Waals surface area contributed by atoms with Gasteiger partial charge in [0.15, 0.2) is 0 Å². The number of alkyl halides is 3. The predicted octanol–water partition coefficient (Wildman–Crippen LogP) is 2.32. The van der Waals surface area contributed by atoms with E-state index in [9.17, 15) is 13.2 Å². The van der Waals surface area contributed by atoms with E-state index in [1.807, 2.05) is 0 Å². The molecule has 13 heavy (non-hydrogen) atoms. The van der Waals surface area contributed by atoms with Crippen LogP contribution in [0.15, 0.2) is 16.7 Å². The Balaban J connectivity index is 2.86. The molecule has 0 aliphatic rings. The summed E-state index contributed by atoms with van der Waals surface area (Å²) in [5.41, 5.74) is 5.26. The minimum Gasteiger partial charge on any atom is -0.404 e. The standard InChI is InChI=1S/C6H4BrF3N2O/c7-4-1-3(2-12-5(4)11)13-6(8,9)10/h1-2H,(H2,11,12). The Morgan fingerprint density at radius 1 is 1.46 bits per heavy atom. The zero-order chi connectivity index (χ0) is 10.1. The maximum absolute atomic E-state index is 11.7. The number of hydrogen-bond donors (Lipinski definition) is 1. The third-order valence-electron chi connectivity index (χ3n) is 1.08. The number of hydrogen-bond acceptors (Lipinski definition) is 3. The lowest BCUT2D eigenvalue weighted by molar-refractivity contribution is -0.274. The van der Waals surface area contributed by atoms with Gasteiger partial charge in [0, 0.05) is 6.07 Å². The first kappa shape index (κ1) is 10.1. The van der Waals surface area contributed by atoms with Crippen molar-refractivity contribution in [2.24, 2.45) is 0 Å². The van der Waals surface area contributed by atoms with Gasteiger partial charge >= 0.3 is 6.36 Å². The quantitative estimate of drug-likeness (QED) is 0.839. The van der Waals surface area contributed by atoms with Gasteiger partial charge in [-0.05, 0) is 15.9 Å². The third kappa shape index (κ3) is 3.10. The number of pyridine rings is 1. The molecular weight excluding hydrogens is 253 g/mol. The summed E-state index contributed by atoms with van der Waals surface area (Å²) in [6, 6.07) is 1.09. The Hall–Kier alpha value is -0.980. The number of nitrogens with two attached hydrogens (primary N) is 1. The van der Waals surface area contributed by atoms with E-state index < -0.39 is 12.1 Å².